The summed E-state index contributed by atoms with van der Waals surface area (Å²) in [6.07, 6.45) is 0. The van der Waals surface area contributed by atoms with Crippen molar-refractivity contribution in [3.63, 3.8) is 0 Å². The van der Waals surface area contributed by atoms with Crippen molar-refractivity contribution in [1.82, 2.24) is 5.32 Å². The smallest absolute Gasteiger partial charge is 0.259 e. The molecule has 2 aliphatic heterocycles. The molecule has 7 nitrogen and oxygen atoms in total. The second-order valence-electron chi connectivity index (χ2n) is 5.01. The molecular formula is C14H11Cl2N5O2. The Kier molecular flexibility index (Phi) is 3.83. The Labute approximate surface area is 141 Å². The molecular weight excluding hydrogens is 341 g/mol. The number of benzene rings is 1. The van der Waals surface area contributed by atoms with Crippen LogP contribution in [-0.4, -0.2) is 23.4 Å². The van der Waals surface area contributed by atoms with Gasteiger partial charge in [-0.05, 0) is 25.1 Å². The summed E-state index contributed by atoms with van der Waals surface area (Å²) in [6.45, 7) is 1.60. The van der Waals surface area contributed by atoms with Gasteiger partial charge >= 0.3 is 0 Å². The molecule has 3 rings (SSSR count). The minimum atomic E-state index is -0.853. The Hall–Kier alpha value is -2.38. The number of rotatable bonds is 2. The summed E-state index contributed by atoms with van der Waals surface area (Å²) in [6, 6.07) is 4.70. The Bertz CT molecular complexity index is 828. The first-order chi connectivity index (χ1) is 10.9. The summed E-state index contributed by atoms with van der Waals surface area (Å²) in [4.78, 5) is 24.6. The normalized spacial score (nSPS) is 19.8. The molecule has 23 heavy (non-hydrogen) atoms. The van der Waals surface area contributed by atoms with Crippen LogP contribution in [0.15, 0.2) is 39.7 Å². The Morgan fingerprint density at radius 1 is 1.35 bits per heavy atom. The maximum Gasteiger partial charge on any atom is 0.259 e. The molecule has 1 atom stereocenters. The van der Waals surface area contributed by atoms with Crippen LogP contribution in [0.5, 0.6) is 0 Å². The number of carbonyl (C=O) groups excluding carboxylic acids is 2. The fraction of sp³-hybridized carbons (Fsp3) is 0.143. The van der Waals surface area contributed by atoms with Gasteiger partial charge in [0.1, 0.15) is 11.8 Å². The lowest BCUT2D eigenvalue weighted by atomic mass is 9.90. The van der Waals surface area contributed by atoms with Crippen molar-refractivity contribution in [2.45, 2.75) is 6.92 Å². The second kappa shape index (κ2) is 5.68. The zero-order valence-electron chi connectivity index (χ0n) is 11.9. The van der Waals surface area contributed by atoms with Crippen LogP contribution in [0.3, 0.4) is 0 Å². The van der Waals surface area contributed by atoms with Gasteiger partial charge in [0.05, 0.1) is 22.0 Å². The van der Waals surface area contributed by atoms with Gasteiger partial charge in [0.25, 0.3) is 5.91 Å². The molecule has 0 aromatic heterocycles. The van der Waals surface area contributed by atoms with Gasteiger partial charge in [-0.25, -0.2) is 0 Å². The number of hydrogen-bond donors (Lipinski definition) is 3. The van der Waals surface area contributed by atoms with Gasteiger partial charge in [-0.1, -0.05) is 23.2 Å². The first kappa shape index (κ1) is 15.5. The molecule has 0 saturated carbocycles. The van der Waals surface area contributed by atoms with Crippen LogP contribution in [-0.2, 0) is 9.59 Å². The standard InChI is InChI=1S/C14H11Cl2N5O2/c1-5-9(11-10(14(23)18-5)12(17)21-20-11)13(22)19-8-4-6(15)2-3-7(8)16/h2-4,10H,1H3,(H2,17,21)(H,18,23)(H,19,22). The molecule has 0 spiro atoms. The van der Waals surface area contributed by atoms with Crippen LogP contribution >= 0.6 is 23.2 Å². The number of fused-ring (bicyclic) bond motifs is 1. The van der Waals surface area contributed by atoms with E-state index in [-0.39, 0.29) is 23.0 Å². The van der Waals surface area contributed by atoms with Crippen molar-refractivity contribution in [3.8, 4) is 0 Å². The number of halogens is 2. The number of hydrogen-bond acceptors (Lipinski definition) is 5. The Morgan fingerprint density at radius 2 is 2.09 bits per heavy atom. The van der Waals surface area contributed by atoms with E-state index < -0.39 is 11.8 Å². The van der Waals surface area contributed by atoms with Crippen LogP contribution in [0.1, 0.15) is 6.92 Å². The maximum atomic E-state index is 12.6. The number of carbonyl (C=O) groups is 2. The minimum absolute atomic E-state index is 0.0519. The molecule has 0 aliphatic carbocycles. The van der Waals surface area contributed by atoms with Crippen molar-refractivity contribution >= 4 is 52.3 Å². The first-order valence-corrected chi connectivity index (χ1v) is 7.33. The highest BCUT2D eigenvalue weighted by molar-refractivity contribution is 6.40. The van der Waals surface area contributed by atoms with E-state index >= 15 is 0 Å². The predicted molar refractivity (Wildman–Crippen MR) is 88.5 cm³/mol. The lowest BCUT2D eigenvalue weighted by molar-refractivity contribution is -0.120. The van der Waals surface area contributed by atoms with E-state index in [1.807, 2.05) is 0 Å². The van der Waals surface area contributed by atoms with E-state index in [9.17, 15) is 9.59 Å². The molecule has 0 radical (unpaired) electrons. The number of amidine groups is 1. The molecule has 1 aromatic carbocycles. The van der Waals surface area contributed by atoms with Gasteiger partial charge in [-0.15, -0.1) is 5.10 Å². The number of amides is 2. The summed E-state index contributed by atoms with van der Waals surface area (Å²) in [5.41, 5.74) is 6.81. The van der Waals surface area contributed by atoms with E-state index in [0.717, 1.165) is 0 Å². The molecule has 1 unspecified atom stereocenters. The lowest BCUT2D eigenvalue weighted by Crippen LogP contribution is -2.47. The number of nitrogens with zero attached hydrogens (tertiary/aromatic N) is 2. The SMILES string of the molecule is CC1=C(C(=O)Nc2cc(Cl)ccc2Cl)C2=NN=C(N)C2C(=O)N1. The van der Waals surface area contributed by atoms with Gasteiger partial charge in [0.2, 0.25) is 5.91 Å². The van der Waals surface area contributed by atoms with Crippen molar-refractivity contribution in [1.29, 1.82) is 0 Å². The van der Waals surface area contributed by atoms with E-state index in [2.05, 4.69) is 20.8 Å². The number of nitrogens with two attached hydrogens (primary N) is 1. The van der Waals surface area contributed by atoms with Gasteiger partial charge in [0.15, 0.2) is 0 Å². The molecule has 118 valence electrons. The fourth-order valence-corrected chi connectivity index (χ4v) is 2.73. The van der Waals surface area contributed by atoms with Gasteiger partial charge < -0.3 is 16.4 Å². The largest absolute Gasteiger partial charge is 0.385 e. The second-order valence-corrected chi connectivity index (χ2v) is 5.85. The van der Waals surface area contributed by atoms with Gasteiger partial charge in [-0.3, -0.25) is 9.59 Å². The van der Waals surface area contributed by atoms with Gasteiger partial charge in [-0.2, -0.15) is 5.10 Å². The number of allylic oxidation sites excluding steroid dienone is 1. The topological polar surface area (TPSA) is 109 Å². The van der Waals surface area contributed by atoms with Crippen molar-refractivity contribution < 1.29 is 9.59 Å². The third-order valence-corrected chi connectivity index (χ3v) is 4.01. The molecule has 0 fully saturated rings. The summed E-state index contributed by atoms with van der Waals surface area (Å²) in [5, 5.41) is 13.6. The monoisotopic (exact) mass is 351 g/mol. The van der Waals surface area contributed by atoms with Crippen molar-refractivity contribution in [3.05, 3.63) is 39.5 Å². The maximum absolute atomic E-state index is 12.6. The predicted octanol–water partition coefficient (Wildman–Crippen LogP) is 1.68. The average Bonchev–Trinajstić information content (AvgIpc) is 2.85. The zero-order chi connectivity index (χ0) is 16.7. The molecule has 0 bridgehead atoms. The van der Waals surface area contributed by atoms with Gasteiger partial charge in [0, 0.05) is 10.7 Å². The lowest BCUT2D eigenvalue weighted by Gasteiger charge is -2.23. The molecule has 2 heterocycles. The Morgan fingerprint density at radius 3 is 2.83 bits per heavy atom. The van der Waals surface area contributed by atoms with Crippen LogP contribution in [0.2, 0.25) is 10.0 Å². The summed E-state index contributed by atoms with van der Waals surface area (Å²) in [5.74, 6) is -1.65. The quantitative estimate of drug-likeness (QED) is 0.753. The molecule has 2 aliphatic rings. The highest BCUT2D eigenvalue weighted by atomic mass is 35.5. The summed E-state index contributed by atoms with van der Waals surface area (Å²) < 4.78 is 0. The fourth-order valence-electron chi connectivity index (χ4n) is 2.40. The highest BCUT2D eigenvalue weighted by Crippen LogP contribution is 2.28. The molecule has 9 heteroatoms. The highest BCUT2D eigenvalue weighted by Gasteiger charge is 2.41. The van der Waals surface area contributed by atoms with E-state index in [0.29, 0.717) is 21.4 Å². The Balaban J connectivity index is 1.94. The summed E-state index contributed by atoms with van der Waals surface area (Å²) >= 11 is 11.9. The molecule has 4 N–H and O–H groups in total. The number of nitrogens with one attached hydrogen (secondary N) is 2. The van der Waals surface area contributed by atoms with E-state index in [1.54, 1.807) is 19.1 Å². The van der Waals surface area contributed by atoms with Crippen LogP contribution in [0.4, 0.5) is 5.69 Å². The van der Waals surface area contributed by atoms with E-state index in [1.165, 1.54) is 6.07 Å². The first-order valence-electron chi connectivity index (χ1n) is 6.58. The average molecular weight is 352 g/mol. The van der Waals surface area contributed by atoms with Crippen LogP contribution in [0.25, 0.3) is 0 Å². The molecule has 0 saturated heterocycles. The molecule has 2 amide bonds. The van der Waals surface area contributed by atoms with Crippen LogP contribution < -0.4 is 16.4 Å². The van der Waals surface area contributed by atoms with Crippen LogP contribution in [0, 0.1) is 5.92 Å². The third-order valence-electron chi connectivity index (χ3n) is 3.45. The number of anilines is 1. The van der Waals surface area contributed by atoms with Crippen molar-refractivity contribution in [2.75, 3.05) is 5.32 Å². The summed E-state index contributed by atoms with van der Waals surface area (Å²) in [7, 11) is 0. The minimum Gasteiger partial charge on any atom is -0.385 e. The third kappa shape index (κ3) is 2.69. The van der Waals surface area contributed by atoms with E-state index in [4.69, 9.17) is 28.9 Å². The van der Waals surface area contributed by atoms with Crippen molar-refractivity contribution in [2.24, 2.45) is 21.9 Å². The molecule has 1 aromatic rings. The zero-order valence-corrected chi connectivity index (χ0v) is 13.4.